The Morgan fingerprint density at radius 3 is 2.15 bits per heavy atom. The summed E-state index contributed by atoms with van der Waals surface area (Å²) in [5, 5.41) is 1.02. The van der Waals surface area contributed by atoms with Crippen molar-refractivity contribution >= 4 is 53.4 Å². The molecule has 0 radical (unpaired) electrons. The molecule has 2 N–H and O–H groups in total. The Balaban J connectivity index is 1.56. The van der Waals surface area contributed by atoms with Gasteiger partial charge in [0.05, 0.1) is 11.3 Å². The van der Waals surface area contributed by atoms with Crippen LogP contribution in [-0.4, -0.2) is 43.5 Å². The maximum atomic E-state index is 12.4. The first-order valence-corrected chi connectivity index (χ1v) is 12.3. The molecule has 174 valence electrons. The highest BCUT2D eigenvalue weighted by Gasteiger charge is 2.31. The zero-order valence-electron chi connectivity index (χ0n) is 17.0. The highest BCUT2D eigenvalue weighted by molar-refractivity contribution is 7.95. The molecule has 1 aliphatic carbocycles. The van der Waals surface area contributed by atoms with Crippen molar-refractivity contribution in [3.63, 3.8) is 0 Å². The van der Waals surface area contributed by atoms with Crippen molar-refractivity contribution in [3.8, 4) is 5.75 Å². The van der Waals surface area contributed by atoms with Crippen molar-refractivity contribution in [2.45, 2.75) is 11.3 Å². The lowest BCUT2D eigenvalue weighted by Crippen LogP contribution is -2.22. The number of fused-ring (bicyclic) bond motifs is 2. The van der Waals surface area contributed by atoms with Gasteiger partial charge < -0.3 is 4.74 Å². The van der Waals surface area contributed by atoms with E-state index in [1.165, 1.54) is 54.6 Å². The molecule has 0 atom stereocenters. The van der Waals surface area contributed by atoms with Gasteiger partial charge in [-0.25, -0.2) is 0 Å². The summed E-state index contributed by atoms with van der Waals surface area (Å²) < 4.78 is 69.3. The second kappa shape index (κ2) is 8.25. The van der Waals surface area contributed by atoms with Crippen molar-refractivity contribution in [3.05, 3.63) is 77.4 Å². The molecular formula is C22H14O10S2. The number of esters is 1. The van der Waals surface area contributed by atoms with Crippen LogP contribution >= 0.6 is 0 Å². The Bertz CT molecular complexity index is 1650. The third-order valence-electron chi connectivity index (χ3n) is 5.02. The lowest BCUT2D eigenvalue weighted by atomic mass is 9.92. The number of ether oxygens (including phenoxy) is 1. The first-order valence-electron chi connectivity index (χ1n) is 9.46. The Morgan fingerprint density at radius 1 is 0.794 bits per heavy atom. The summed E-state index contributed by atoms with van der Waals surface area (Å²) in [7, 11) is -9.12. The molecule has 4 rings (SSSR count). The molecular weight excluding hydrogens is 488 g/mol. The van der Waals surface area contributed by atoms with E-state index in [-0.39, 0.29) is 33.8 Å². The maximum Gasteiger partial charge on any atom is 0.315 e. The third kappa shape index (κ3) is 4.65. The molecule has 0 heterocycles. The molecule has 0 amide bonds. The van der Waals surface area contributed by atoms with Gasteiger partial charge >= 0.3 is 5.97 Å². The molecule has 10 nitrogen and oxygen atoms in total. The van der Waals surface area contributed by atoms with Crippen LogP contribution in [-0.2, 0) is 36.2 Å². The number of hydrogen-bond acceptors (Lipinski definition) is 8. The fourth-order valence-corrected chi connectivity index (χ4v) is 4.70. The SMILES string of the molecule is O=C(Cc1ccc2c(c1)C(=O)C(=O)C=C2S(=O)(=O)O)Oc1ccc2cc(S(=O)(=O)O)ccc2c1. The zero-order valence-corrected chi connectivity index (χ0v) is 18.6. The normalized spacial score (nSPS) is 14.0. The van der Waals surface area contributed by atoms with Gasteiger partial charge in [0.1, 0.15) is 10.7 Å². The summed E-state index contributed by atoms with van der Waals surface area (Å²) >= 11 is 0. The molecule has 0 fully saturated rings. The molecule has 12 heteroatoms. The van der Waals surface area contributed by atoms with E-state index in [0.717, 1.165) is 0 Å². The number of allylic oxidation sites excluding steroid dienone is 1. The fourth-order valence-electron chi connectivity index (χ4n) is 3.47. The monoisotopic (exact) mass is 502 g/mol. The highest BCUT2D eigenvalue weighted by Crippen LogP contribution is 2.30. The molecule has 0 aliphatic heterocycles. The Labute approximate surface area is 193 Å². The molecule has 1 aliphatic rings. The van der Waals surface area contributed by atoms with Gasteiger partial charge in [-0.3, -0.25) is 23.5 Å². The smallest absolute Gasteiger partial charge is 0.315 e. The predicted octanol–water partition coefficient (Wildman–Crippen LogP) is 2.23. The molecule has 0 saturated carbocycles. The van der Waals surface area contributed by atoms with Crippen LogP contribution in [0.1, 0.15) is 21.5 Å². The summed E-state index contributed by atoms with van der Waals surface area (Å²) in [6.07, 6.45) is 0.228. The largest absolute Gasteiger partial charge is 0.426 e. The quantitative estimate of drug-likeness (QED) is 0.228. The lowest BCUT2D eigenvalue weighted by Gasteiger charge is -2.15. The fraction of sp³-hybridized carbons (Fsp3) is 0.0455. The van der Waals surface area contributed by atoms with Gasteiger partial charge in [-0.2, -0.15) is 16.8 Å². The van der Waals surface area contributed by atoms with Crippen LogP contribution in [0, 0.1) is 0 Å². The van der Waals surface area contributed by atoms with Crippen LogP contribution in [0.15, 0.2) is 65.6 Å². The minimum Gasteiger partial charge on any atom is -0.426 e. The first kappa shape index (κ1) is 23.4. The van der Waals surface area contributed by atoms with Crippen LogP contribution in [0.25, 0.3) is 15.7 Å². The van der Waals surface area contributed by atoms with E-state index < -0.39 is 42.7 Å². The average Bonchev–Trinajstić information content (AvgIpc) is 2.74. The van der Waals surface area contributed by atoms with Gasteiger partial charge in [0.25, 0.3) is 20.2 Å². The second-order valence-corrected chi connectivity index (χ2v) is 10.2. The van der Waals surface area contributed by atoms with Crippen LogP contribution in [0.4, 0.5) is 0 Å². The molecule has 34 heavy (non-hydrogen) atoms. The van der Waals surface area contributed by atoms with Gasteiger partial charge in [-0.15, -0.1) is 0 Å². The van der Waals surface area contributed by atoms with Crippen LogP contribution in [0.2, 0.25) is 0 Å². The third-order valence-corrected chi connectivity index (χ3v) is 6.76. The molecule has 0 spiro atoms. The van der Waals surface area contributed by atoms with E-state index in [1.807, 2.05) is 0 Å². The van der Waals surface area contributed by atoms with Crippen molar-refractivity contribution in [2.75, 3.05) is 0 Å². The number of Topliss-reactive ketones (excluding diaryl/α,β-unsaturated/α-hetero) is 1. The van der Waals surface area contributed by atoms with E-state index in [2.05, 4.69) is 0 Å². The summed E-state index contributed by atoms with van der Waals surface area (Å²) in [5.41, 5.74) is -0.145. The summed E-state index contributed by atoms with van der Waals surface area (Å²) in [6, 6.07) is 12.1. The van der Waals surface area contributed by atoms with Gasteiger partial charge in [0, 0.05) is 17.2 Å². The summed E-state index contributed by atoms with van der Waals surface area (Å²) in [6.45, 7) is 0. The molecule has 3 aromatic rings. The summed E-state index contributed by atoms with van der Waals surface area (Å²) in [4.78, 5) is 35.4. The van der Waals surface area contributed by atoms with Gasteiger partial charge in [-0.05, 0) is 46.7 Å². The van der Waals surface area contributed by atoms with Crippen LogP contribution in [0.5, 0.6) is 5.75 Å². The van der Waals surface area contributed by atoms with Crippen LogP contribution in [0.3, 0.4) is 0 Å². The number of carbonyl (C=O) groups is 3. The number of ketones is 2. The maximum absolute atomic E-state index is 12.4. The number of benzene rings is 3. The Hall–Kier alpha value is -3.71. The van der Waals surface area contributed by atoms with Crippen molar-refractivity contribution < 1.29 is 45.1 Å². The van der Waals surface area contributed by atoms with E-state index in [0.29, 0.717) is 16.8 Å². The standard InChI is InChI=1S/C22H14O10S2/c23-19-11-20(34(29,30)31)17-6-1-12(7-18(17)22(19)25)8-21(24)32-15-4-2-14-10-16(33(26,27)28)5-3-13(14)9-15/h1-7,9-11H,8H2,(H,26,27,28)(H,29,30,31). The number of carbonyl (C=O) groups excluding carboxylic acids is 3. The molecule has 0 unspecified atom stereocenters. The van der Waals surface area contributed by atoms with E-state index in [4.69, 9.17) is 9.29 Å². The lowest BCUT2D eigenvalue weighted by molar-refractivity contribution is -0.133. The second-order valence-electron chi connectivity index (χ2n) is 7.35. The average molecular weight is 502 g/mol. The highest BCUT2D eigenvalue weighted by atomic mass is 32.2. The first-order chi connectivity index (χ1) is 15.8. The van der Waals surface area contributed by atoms with Crippen LogP contribution < -0.4 is 4.74 Å². The van der Waals surface area contributed by atoms with Gasteiger partial charge in [0.15, 0.2) is 0 Å². The number of hydrogen-bond donors (Lipinski definition) is 2. The molecule has 0 aromatic heterocycles. The summed E-state index contributed by atoms with van der Waals surface area (Å²) in [5.74, 6) is -2.67. The minimum atomic E-state index is -4.75. The van der Waals surface area contributed by atoms with Gasteiger partial charge in [0.2, 0.25) is 11.6 Å². The van der Waals surface area contributed by atoms with E-state index in [9.17, 15) is 35.8 Å². The van der Waals surface area contributed by atoms with E-state index >= 15 is 0 Å². The predicted molar refractivity (Wildman–Crippen MR) is 118 cm³/mol. The van der Waals surface area contributed by atoms with Crippen molar-refractivity contribution in [1.29, 1.82) is 0 Å². The Kier molecular flexibility index (Phi) is 5.69. The van der Waals surface area contributed by atoms with Crippen molar-refractivity contribution in [1.82, 2.24) is 0 Å². The zero-order chi connectivity index (χ0) is 24.8. The topological polar surface area (TPSA) is 169 Å². The van der Waals surface area contributed by atoms with E-state index in [1.54, 1.807) is 0 Å². The minimum absolute atomic E-state index is 0.150. The van der Waals surface area contributed by atoms with Crippen molar-refractivity contribution in [2.24, 2.45) is 0 Å². The number of rotatable bonds is 5. The molecule has 0 saturated heterocycles. The molecule has 0 bridgehead atoms. The Morgan fingerprint density at radius 2 is 1.47 bits per heavy atom. The van der Waals surface area contributed by atoms with Gasteiger partial charge in [-0.1, -0.05) is 24.3 Å². The molecule has 3 aromatic carbocycles.